The number of carbonyl (C=O) groups is 1. The van der Waals surface area contributed by atoms with Crippen LogP contribution in [-0.4, -0.2) is 20.3 Å². The molecule has 0 spiro atoms. The first-order chi connectivity index (χ1) is 18.6. The molecule has 4 saturated carbocycles. The Kier molecular flexibility index (Phi) is 8.70. The Morgan fingerprint density at radius 3 is 2.28 bits per heavy atom. The van der Waals surface area contributed by atoms with Gasteiger partial charge in [-0.05, 0) is 105 Å². The van der Waals surface area contributed by atoms with Crippen LogP contribution in [0.25, 0.3) is 0 Å². The van der Waals surface area contributed by atoms with Crippen LogP contribution in [0, 0.1) is 47.3 Å². The third kappa shape index (κ3) is 5.65. The fourth-order valence-electron chi connectivity index (χ4n) is 9.67. The van der Waals surface area contributed by atoms with Gasteiger partial charge in [-0.3, -0.25) is 8.98 Å². The van der Waals surface area contributed by atoms with Crippen molar-refractivity contribution in [3.05, 3.63) is 29.8 Å². The van der Waals surface area contributed by atoms with Crippen LogP contribution in [0.5, 0.6) is 0 Å². The summed E-state index contributed by atoms with van der Waals surface area (Å²) in [6, 6.07) is 6.89. The zero-order chi connectivity index (χ0) is 27.8. The van der Waals surface area contributed by atoms with Gasteiger partial charge in [0.2, 0.25) is 0 Å². The lowest BCUT2D eigenvalue weighted by atomic mass is 9.44. The summed E-state index contributed by atoms with van der Waals surface area (Å²) in [6.07, 6.45) is 17.1. The predicted molar refractivity (Wildman–Crippen MR) is 157 cm³/mol. The minimum absolute atomic E-state index is 0.116. The van der Waals surface area contributed by atoms with Crippen molar-refractivity contribution in [3.8, 4) is 0 Å². The molecule has 0 saturated heterocycles. The second-order valence-corrected chi connectivity index (χ2v) is 15.8. The van der Waals surface area contributed by atoms with E-state index >= 15 is 0 Å². The van der Waals surface area contributed by atoms with Crippen LogP contribution >= 0.6 is 0 Å². The highest BCUT2D eigenvalue weighted by Crippen LogP contribution is 2.67. The number of rotatable bonds is 10. The summed E-state index contributed by atoms with van der Waals surface area (Å²) >= 11 is 0. The van der Waals surface area contributed by atoms with Gasteiger partial charge in [-0.1, -0.05) is 77.0 Å². The van der Waals surface area contributed by atoms with Gasteiger partial charge in [0.1, 0.15) is 5.78 Å². The molecule has 0 bridgehead atoms. The molecule has 0 aliphatic heterocycles. The molecular weight excluding hydrogens is 504 g/mol. The first kappa shape index (κ1) is 29.3. The Morgan fingerprint density at radius 1 is 0.872 bits per heavy atom. The van der Waals surface area contributed by atoms with Crippen molar-refractivity contribution < 1.29 is 17.4 Å². The number of aryl methyl sites for hydroxylation is 1. The smallest absolute Gasteiger partial charge is 0.297 e. The van der Waals surface area contributed by atoms with Gasteiger partial charge >= 0.3 is 0 Å². The lowest BCUT2D eigenvalue weighted by Gasteiger charge is -2.60. The second-order valence-electron chi connectivity index (χ2n) is 14.2. The Labute approximate surface area is 238 Å². The van der Waals surface area contributed by atoms with Crippen LogP contribution in [0.3, 0.4) is 0 Å². The molecule has 0 radical (unpaired) electrons. The summed E-state index contributed by atoms with van der Waals surface area (Å²) in [6.45, 7) is 9.19. The lowest BCUT2D eigenvalue weighted by molar-refractivity contribution is -0.159. The molecule has 0 amide bonds. The van der Waals surface area contributed by atoms with Gasteiger partial charge in [0, 0.05) is 12.3 Å². The molecule has 4 aliphatic rings. The Hall–Kier alpha value is -1.20. The summed E-state index contributed by atoms with van der Waals surface area (Å²) in [4.78, 5) is 14.1. The van der Waals surface area contributed by atoms with Gasteiger partial charge in [0.05, 0.1) is 11.0 Å². The van der Waals surface area contributed by atoms with Gasteiger partial charge in [-0.25, -0.2) is 0 Å². The van der Waals surface area contributed by atoms with Crippen LogP contribution in [0.1, 0.15) is 123 Å². The molecule has 5 rings (SSSR count). The number of hydrogen-bond acceptors (Lipinski definition) is 4. The molecule has 1 aromatic carbocycles. The molecular formula is C34H52O4S. The van der Waals surface area contributed by atoms with Crippen molar-refractivity contribution >= 4 is 15.9 Å². The van der Waals surface area contributed by atoms with E-state index in [4.69, 9.17) is 4.18 Å². The van der Waals surface area contributed by atoms with E-state index < -0.39 is 10.1 Å². The lowest BCUT2D eigenvalue weighted by Crippen LogP contribution is -2.57. The van der Waals surface area contributed by atoms with Crippen molar-refractivity contribution in [2.75, 3.05) is 0 Å². The van der Waals surface area contributed by atoms with Crippen LogP contribution in [-0.2, 0) is 19.1 Å². The van der Waals surface area contributed by atoms with E-state index in [2.05, 4.69) is 20.8 Å². The van der Waals surface area contributed by atoms with Gasteiger partial charge in [-0.2, -0.15) is 8.42 Å². The highest BCUT2D eigenvalue weighted by Gasteiger charge is 2.62. The normalized spacial score (nSPS) is 38.2. The van der Waals surface area contributed by atoms with Gasteiger partial charge in [0.15, 0.2) is 0 Å². The van der Waals surface area contributed by atoms with E-state index in [-0.39, 0.29) is 28.3 Å². The molecule has 5 heteroatoms. The molecule has 0 N–H and O–H groups in total. The molecule has 1 aromatic rings. The molecule has 0 heterocycles. The summed E-state index contributed by atoms with van der Waals surface area (Å²) in [5.41, 5.74) is 1.47. The zero-order valence-electron chi connectivity index (χ0n) is 24.9. The summed E-state index contributed by atoms with van der Waals surface area (Å²) < 4.78 is 31.8. The highest BCUT2D eigenvalue weighted by atomic mass is 32.2. The molecule has 218 valence electrons. The van der Waals surface area contributed by atoms with E-state index in [1.807, 2.05) is 19.1 Å². The standard InChI is InChI=1S/C34H52O4S/c1-5-6-7-8-9-10-11-25-14-17-29-32-30(19-21-33(25,29)3)34(4)20-18-27(22-26(34)23-31(32)35)38-39(36,37)28-15-12-24(2)13-16-28/h12-13,15-16,25-27,29-30,32H,5-11,14,17-23H2,1-4H3/t25-,26+,27-,29?,30?,32?,33+,34-/m0/s1. The molecule has 4 aliphatic carbocycles. The second kappa shape index (κ2) is 11.6. The van der Waals surface area contributed by atoms with Crippen molar-refractivity contribution in [1.82, 2.24) is 0 Å². The van der Waals surface area contributed by atoms with Crippen molar-refractivity contribution in [2.45, 2.75) is 135 Å². The van der Waals surface area contributed by atoms with Crippen molar-refractivity contribution in [3.63, 3.8) is 0 Å². The fourth-order valence-corrected chi connectivity index (χ4v) is 10.8. The van der Waals surface area contributed by atoms with Gasteiger partial charge in [0.25, 0.3) is 10.1 Å². The first-order valence-corrected chi connectivity index (χ1v) is 17.5. The summed E-state index contributed by atoms with van der Waals surface area (Å²) in [7, 11) is -3.80. The number of Topliss-reactive ketones (excluding diaryl/α,β-unsaturated/α-hetero) is 1. The molecule has 8 atom stereocenters. The van der Waals surface area contributed by atoms with Crippen LogP contribution in [0.4, 0.5) is 0 Å². The average Bonchev–Trinajstić information content (AvgIpc) is 3.23. The van der Waals surface area contributed by atoms with E-state index in [9.17, 15) is 13.2 Å². The van der Waals surface area contributed by atoms with Crippen molar-refractivity contribution in [1.29, 1.82) is 0 Å². The monoisotopic (exact) mass is 556 g/mol. The number of carbonyl (C=O) groups excluding carboxylic acids is 1. The maximum atomic E-state index is 13.9. The van der Waals surface area contributed by atoms with Crippen LogP contribution < -0.4 is 0 Å². The average molecular weight is 557 g/mol. The van der Waals surface area contributed by atoms with E-state index in [1.54, 1.807) is 12.1 Å². The molecule has 3 unspecified atom stereocenters. The van der Waals surface area contributed by atoms with E-state index in [0.717, 1.165) is 30.7 Å². The minimum atomic E-state index is -3.80. The highest BCUT2D eigenvalue weighted by molar-refractivity contribution is 7.86. The quantitative estimate of drug-likeness (QED) is 0.214. The summed E-state index contributed by atoms with van der Waals surface area (Å²) in [5, 5.41) is 0. The maximum absolute atomic E-state index is 13.9. The number of unbranched alkanes of at least 4 members (excludes halogenated alkanes) is 5. The Balaban J connectivity index is 1.23. The van der Waals surface area contributed by atoms with Gasteiger partial charge in [-0.15, -0.1) is 0 Å². The minimum Gasteiger partial charge on any atom is -0.299 e. The largest absolute Gasteiger partial charge is 0.299 e. The number of hydrogen-bond donors (Lipinski definition) is 0. The molecule has 4 fully saturated rings. The van der Waals surface area contributed by atoms with E-state index in [0.29, 0.717) is 35.9 Å². The Morgan fingerprint density at radius 2 is 1.54 bits per heavy atom. The SMILES string of the molecule is CCCCCCCC[C@H]1CCC2C3C(=O)C[C@H]4C[C@@H](OS(=O)(=O)c5ccc(C)cc5)CC[C@]4(C)C3CC[C@@]21C. The van der Waals surface area contributed by atoms with Crippen LogP contribution in [0.15, 0.2) is 29.2 Å². The maximum Gasteiger partial charge on any atom is 0.297 e. The fraction of sp³-hybridized carbons (Fsp3) is 0.794. The molecule has 0 aromatic heterocycles. The zero-order valence-corrected chi connectivity index (χ0v) is 25.7. The third-order valence-electron chi connectivity index (χ3n) is 12.1. The number of fused-ring (bicyclic) bond motifs is 5. The number of benzene rings is 1. The van der Waals surface area contributed by atoms with Gasteiger partial charge < -0.3 is 0 Å². The molecule has 4 nitrogen and oxygen atoms in total. The van der Waals surface area contributed by atoms with E-state index in [1.165, 1.54) is 64.2 Å². The first-order valence-electron chi connectivity index (χ1n) is 16.1. The Bertz CT molecular complexity index is 1110. The topological polar surface area (TPSA) is 60.4 Å². The van der Waals surface area contributed by atoms with Crippen LogP contribution in [0.2, 0.25) is 0 Å². The molecule has 39 heavy (non-hydrogen) atoms. The number of ketones is 1. The summed E-state index contributed by atoms with van der Waals surface area (Å²) in [5.74, 6) is 2.69. The van der Waals surface area contributed by atoms with Crippen molar-refractivity contribution in [2.24, 2.45) is 40.4 Å². The predicted octanol–water partition coefficient (Wildman–Crippen LogP) is 8.66. The third-order valence-corrected chi connectivity index (χ3v) is 13.5.